The van der Waals surface area contributed by atoms with Crippen molar-refractivity contribution in [3.05, 3.63) is 0 Å². The summed E-state index contributed by atoms with van der Waals surface area (Å²) in [4.78, 5) is 0. The smallest absolute Gasteiger partial charge is 0.0783 e. The Morgan fingerprint density at radius 3 is 2.64 bits per heavy atom. The summed E-state index contributed by atoms with van der Waals surface area (Å²) in [5, 5.41) is 3.24. The number of hydrogen-bond donors (Lipinski definition) is 1. The van der Waals surface area contributed by atoms with E-state index in [1.54, 1.807) is 0 Å². The first-order valence-electron chi connectivity index (χ1n) is 6.06. The lowest BCUT2D eigenvalue weighted by atomic mass is 9.96. The number of nitrogens with one attached hydrogen (secondary N) is 1. The molecule has 2 fully saturated rings. The van der Waals surface area contributed by atoms with Gasteiger partial charge in [0, 0.05) is 6.54 Å². The van der Waals surface area contributed by atoms with Gasteiger partial charge < -0.3 is 10.1 Å². The van der Waals surface area contributed by atoms with Gasteiger partial charge in [-0.3, -0.25) is 0 Å². The van der Waals surface area contributed by atoms with Gasteiger partial charge in [0.15, 0.2) is 0 Å². The molecule has 1 aliphatic heterocycles. The average molecular weight is 197 g/mol. The van der Waals surface area contributed by atoms with Crippen LogP contribution in [0.15, 0.2) is 0 Å². The van der Waals surface area contributed by atoms with E-state index in [2.05, 4.69) is 12.2 Å². The quantitative estimate of drug-likeness (QED) is 0.750. The van der Waals surface area contributed by atoms with E-state index < -0.39 is 0 Å². The van der Waals surface area contributed by atoms with E-state index in [1.807, 2.05) is 7.05 Å². The SMILES string of the molecule is CNCC1(C)CCC(C2CCCC2)O1. The summed E-state index contributed by atoms with van der Waals surface area (Å²) in [6.07, 6.45) is 8.73. The molecule has 14 heavy (non-hydrogen) atoms. The minimum Gasteiger partial charge on any atom is -0.370 e. The van der Waals surface area contributed by atoms with Crippen LogP contribution in [-0.2, 0) is 4.74 Å². The molecule has 0 aromatic rings. The zero-order valence-electron chi connectivity index (χ0n) is 9.51. The van der Waals surface area contributed by atoms with Crippen molar-refractivity contribution in [3.63, 3.8) is 0 Å². The van der Waals surface area contributed by atoms with Crippen LogP contribution in [0.25, 0.3) is 0 Å². The predicted molar refractivity (Wildman–Crippen MR) is 58.4 cm³/mol. The van der Waals surface area contributed by atoms with Gasteiger partial charge in [-0.05, 0) is 45.6 Å². The third-order valence-electron chi connectivity index (χ3n) is 3.87. The Labute approximate surface area is 87.4 Å². The first-order chi connectivity index (χ1) is 6.73. The number of rotatable bonds is 3. The number of hydrogen-bond acceptors (Lipinski definition) is 2. The lowest BCUT2D eigenvalue weighted by Gasteiger charge is -2.26. The summed E-state index contributed by atoms with van der Waals surface area (Å²) >= 11 is 0. The van der Waals surface area contributed by atoms with Gasteiger partial charge in [0.05, 0.1) is 11.7 Å². The molecular weight excluding hydrogens is 174 g/mol. The van der Waals surface area contributed by atoms with Gasteiger partial charge in [0.2, 0.25) is 0 Å². The first kappa shape index (κ1) is 10.4. The summed E-state index contributed by atoms with van der Waals surface area (Å²) in [7, 11) is 2.01. The molecule has 2 heteroatoms. The van der Waals surface area contributed by atoms with Gasteiger partial charge in [-0.15, -0.1) is 0 Å². The molecule has 0 aromatic heterocycles. The Bertz CT molecular complexity index is 189. The highest BCUT2D eigenvalue weighted by atomic mass is 16.5. The largest absolute Gasteiger partial charge is 0.370 e. The lowest BCUT2D eigenvalue weighted by Crippen LogP contribution is -2.37. The molecule has 1 heterocycles. The van der Waals surface area contributed by atoms with Crippen molar-refractivity contribution in [2.75, 3.05) is 13.6 Å². The van der Waals surface area contributed by atoms with Gasteiger partial charge in [0.1, 0.15) is 0 Å². The maximum absolute atomic E-state index is 6.21. The molecule has 2 nitrogen and oxygen atoms in total. The molecule has 2 aliphatic rings. The molecule has 82 valence electrons. The van der Waals surface area contributed by atoms with Crippen molar-refractivity contribution in [2.45, 2.75) is 57.2 Å². The highest BCUT2D eigenvalue weighted by Crippen LogP contribution is 2.39. The molecular formula is C12H23NO. The lowest BCUT2D eigenvalue weighted by molar-refractivity contribution is -0.0484. The van der Waals surface area contributed by atoms with E-state index in [-0.39, 0.29) is 5.60 Å². The third-order valence-corrected chi connectivity index (χ3v) is 3.87. The van der Waals surface area contributed by atoms with Crippen LogP contribution in [0, 0.1) is 5.92 Å². The Hall–Kier alpha value is -0.0800. The molecule has 2 unspecified atom stereocenters. The van der Waals surface area contributed by atoms with Gasteiger partial charge >= 0.3 is 0 Å². The maximum atomic E-state index is 6.21. The second kappa shape index (κ2) is 4.19. The first-order valence-corrected chi connectivity index (χ1v) is 6.06. The van der Waals surface area contributed by atoms with Crippen LogP contribution >= 0.6 is 0 Å². The van der Waals surface area contributed by atoms with Crippen LogP contribution in [0.2, 0.25) is 0 Å². The molecule has 2 atom stereocenters. The van der Waals surface area contributed by atoms with Gasteiger partial charge in [-0.25, -0.2) is 0 Å². The zero-order valence-corrected chi connectivity index (χ0v) is 9.51. The van der Waals surface area contributed by atoms with Gasteiger partial charge in [0.25, 0.3) is 0 Å². The van der Waals surface area contributed by atoms with E-state index in [4.69, 9.17) is 4.74 Å². The molecule has 1 aliphatic carbocycles. The van der Waals surface area contributed by atoms with Crippen LogP contribution in [0.4, 0.5) is 0 Å². The number of ether oxygens (including phenoxy) is 1. The van der Waals surface area contributed by atoms with E-state index >= 15 is 0 Å². The minimum absolute atomic E-state index is 0.113. The van der Waals surface area contributed by atoms with E-state index in [1.165, 1.54) is 38.5 Å². The molecule has 1 N–H and O–H groups in total. The molecule has 2 rings (SSSR count). The summed E-state index contributed by atoms with van der Waals surface area (Å²) in [6.45, 7) is 3.24. The van der Waals surface area contributed by atoms with Gasteiger partial charge in [-0.2, -0.15) is 0 Å². The van der Waals surface area contributed by atoms with E-state index in [9.17, 15) is 0 Å². The number of likely N-dealkylation sites (N-methyl/N-ethyl adjacent to an activating group) is 1. The van der Waals surface area contributed by atoms with Gasteiger partial charge in [-0.1, -0.05) is 12.8 Å². The van der Waals surface area contributed by atoms with E-state index in [0.717, 1.165) is 12.5 Å². The van der Waals surface area contributed by atoms with Crippen molar-refractivity contribution in [1.82, 2.24) is 5.32 Å². The maximum Gasteiger partial charge on any atom is 0.0783 e. The topological polar surface area (TPSA) is 21.3 Å². The summed E-state index contributed by atoms with van der Waals surface area (Å²) < 4.78 is 6.21. The second-order valence-electron chi connectivity index (χ2n) is 5.22. The Kier molecular flexibility index (Phi) is 3.13. The Morgan fingerprint density at radius 1 is 1.29 bits per heavy atom. The highest BCUT2D eigenvalue weighted by Gasteiger charge is 2.39. The van der Waals surface area contributed by atoms with Crippen LogP contribution < -0.4 is 5.32 Å². The predicted octanol–water partition coefficient (Wildman–Crippen LogP) is 2.33. The summed E-state index contributed by atoms with van der Waals surface area (Å²) in [6, 6.07) is 0. The van der Waals surface area contributed by atoms with Crippen molar-refractivity contribution < 1.29 is 4.74 Å². The van der Waals surface area contributed by atoms with E-state index in [0.29, 0.717) is 6.10 Å². The van der Waals surface area contributed by atoms with Crippen LogP contribution in [0.3, 0.4) is 0 Å². The normalized spacial score (nSPS) is 39.4. The average Bonchev–Trinajstić information content (AvgIpc) is 2.73. The fourth-order valence-electron chi connectivity index (χ4n) is 3.10. The molecule has 0 spiro atoms. The fraction of sp³-hybridized carbons (Fsp3) is 1.00. The molecule has 0 bridgehead atoms. The van der Waals surface area contributed by atoms with Crippen molar-refractivity contribution in [1.29, 1.82) is 0 Å². The van der Waals surface area contributed by atoms with Crippen molar-refractivity contribution in [2.24, 2.45) is 5.92 Å². The summed E-state index contributed by atoms with van der Waals surface area (Å²) in [5.41, 5.74) is 0.113. The molecule has 0 aromatic carbocycles. The molecule has 1 saturated carbocycles. The Balaban J connectivity index is 1.86. The van der Waals surface area contributed by atoms with Crippen LogP contribution in [0.5, 0.6) is 0 Å². The standard InChI is InChI=1S/C12H23NO/c1-12(9-13-2)8-7-11(14-12)10-5-3-4-6-10/h10-11,13H,3-9H2,1-2H3. The van der Waals surface area contributed by atoms with Crippen LogP contribution in [-0.4, -0.2) is 25.3 Å². The van der Waals surface area contributed by atoms with Crippen molar-refractivity contribution in [3.8, 4) is 0 Å². The minimum atomic E-state index is 0.113. The molecule has 0 amide bonds. The van der Waals surface area contributed by atoms with Crippen LogP contribution in [0.1, 0.15) is 45.4 Å². The fourth-order valence-corrected chi connectivity index (χ4v) is 3.10. The Morgan fingerprint density at radius 2 is 2.00 bits per heavy atom. The third kappa shape index (κ3) is 2.12. The van der Waals surface area contributed by atoms with Crippen molar-refractivity contribution >= 4 is 0 Å². The highest BCUT2D eigenvalue weighted by molar-refractivity contribution is 4.90. The molecule has 1 saturated heterocycles. The second-order valence-corrected chi connectivity index (χ2v) is 5.22. The molecule has 0 radical (unpaired) electrons. The summed E-state index contributed by atoms with van der Waals surface area (Å²) in [5.74, 6) is 0.869. The zero-order chi connectivity index (χ0) is 10.0. The monoisotopic (exact) mass is 197 g/mol.